The van der Waals surface area contributed by atoms with Gasteiger partial charge in [-0.15, -0.1) is 0 Å². The van der Waals surface area contributed by atoms with Gasteiger partial charge in [0.25, 0.3) is 5.91 Å². The van der Waals surface area contributed by atoms with Crippen molar-refractivity contribution in [3.63, 3.8) is 0 Å². The normalized spacial score (nSPS) is 18.1. The molecular formula is C24H31N3O6S. The maximum atomic E-state index is 13.1. The first-order valence-electron chi connectivity index (χ1n) is 11.2. The second kappa shape index (κ2) is 9.44. The number of likely N-dealkylation sites (N-methyl/N-ethyl adjacent to an activating group) is 1. The zero-order valence-corrected chi connectivity index (χ0v) is 20.8. The number of anilines is 1. The predicted octanol–water partition coefficient (Wildman–Crippen LogP) is 2.36. The molecule has 0 bridgehead atoms. The maximum Gasteiger partial charge on any atom is 0.262 e. The summed E-state index contributed by atoms with van der Waals surface area (Å²) in [4.78, 5) is 14.9. The van der Waals surface area contributed by atoms with Gasteiger partial charge in [0.15, 0.2) is 18.1 Å². The standard InChI is InChI=1S/C24H31N3O6S/c1-24(2)15-17-6-5-7-21(23(17)33-24)32-16-22(28)25-19-14-18(8-9-20(19)31-4)34(29,30)27-12-10-26(3)11-13-27/h5-9,14H,10-13,15-16H2,1-4H3,(H,25,28). The van der Waals surface area contributed by atoms with Gasteiger partial charge in [0.05, 0.1) is 17.7 Å². The summed E-state index contributed by atoms with van der Waals surface area (Å²) in [6.07, 6.45) is 0.761. The molecule has 0 radical (unpaired) electrons. The Bertz CT molecular complexity index is 1170. The number of methoxy groups -OCH3 is 1. The fourth-order valence-corrected chi connectivity index (χ4v) is 5.60. The molecule has 0 aromatic heterocycles. The monoisotopic (exact) mass is 489 g/mol. The minimum Gasteiger partial charge on any atom is -0.495 e. The van der Waals surface area contributed by atoms with E-state index >= 15 is 0 Å². The summed E-state index contributed by atoms with van der Waals surface area (Å²) in [6.45, 7) is 5.90. The molecule has 0 saturated carbocycles. The number of fused-ring (bicyclic) bond motifs is 1. The third-order valence-electron chi connectivity index (χ3n) is 5.96. The third-order valence-corrected chi connectivity index (χ3v) is 7.85. The number of sulfonamides is 1. The SMILES string of the molecule is COc1ccc(S(=O)(=O)N2CCN(C)CC2)cc1NC(=O)COc1cccc2c1OC(C)(C)C2. The van der Waals surface area contributed by atoms with E-state index in [1.807, 2.05) is 33.0 Å². The van der Waals surface area contributed by atoms with Crippen LogP contribution >= 0.6 is 0 Å². The summed E-state index contributed by atoms with van der Waals surface area (Å²) in [5.74, 6) is 1.06. The lowest BCUT2D eigenvalue weighted by Gasteiger charge is -2.31. The van der Waals surface area contributed by atoms with Crippen molar-refractivity contribution in [1.29, 1.82) is 0 Å². The number of amides is 1. The van der Waals surface area contributed by atoms with E-state index in [1.165, 1.54) is 23.5 Å². The van der Waals surface area contributed by atoms with Crippen LogP contribution in [0.3, 0.4) is 0 Å². The Labute approximate surface area is 200 Å². The number of ether oxygens (including phenoxy) is 3. The van der Waals surface area contributed by atoms with Crippen molar-refractivity contribution in [3.05, 3.63) is 42.0 Å². The molecule has 1 N–H and O–H groups in total. The predicted molar refractivity (Wildman–Crippen MR) is 128 cm³/mol. The van der Waals surface area contributed by atoms with Crippen LogP contribution in [-0.4, -0.2) is 76.1 Å². The second-order valence-electron chi connectivity index (χ2n) is 9.19. The van der Waals surface area contributed by atoms with Crippen molar-refractivity contribution in [2.45, 2.75) is 30.8 Å². The van der Waals surface area contributed by atoms with Gasteiger partial charge in [-0.3, -0.25) is 4.79 Å². The van der Waals surface area contributed by atoms with Gasteiger partial charge in [-0.1, -0.05) is 12.1 Å². The lowest BCUT2D eigenvalue weighted by atomic mass is 10.0. The summed E-state index contributed by atoms with van der Waals surface area (Å²) in [5, 5.41) is 2.72. The number of carbonyl (C=O) groups excluding carboxylic acids is 1. The van der Waals surface area contributed by atoms with Crippen LogP contribution in [0.1, 0.15) is 19.4 Å². The van der Waals surface area contributed by atoms with Crippen molar-refractivity contribution in [1.82, 2.24) is 9.21 Å². The van der Waals surface area contributed by atoms with E-state index in [2.05, 4.69) is 10.2 Å². The molecule has 2 aromatic rings. The quantitative estimate of drug-likeness (QED) is 0.638. The molecule has 4 rings (SSSR count). The molecule has 1 fully saturated rings. The lowest BCUT2D eigenvalue weighted by Crippen LogP contribution is -2.47. The van der Waals surface area contributed by atoms with Crippen molar-refractivity contribution in [2.75, 3.05) is 52.3 Å². The van der Waals surface area contributed by atoms with E-state index in [4.69, 9.17) is 14.2 Å². The Morgan fingerprint density at radius 3 is 2.56 bits per heavy atom. The van der Waals surface area contributed by atoms with Gasteiger partial charge in [-0.25, -0.2) is 8.42 Å². The largest absolute Gasteiger partial charge is 0.495 e. The highest BCUT2D eigenvalue weighted by atomic mass is 32.2. The summed E-state index contributed by atoms with van der Waals surface area (Å²) in [7, 11) is -0.267. The summed E-state index contributed by atoms with van der Waals surface area (Å²) in [5.41, 5.74) is 0.973. The van der Waals surface area contributed by atoms with Crippen molar-refractivity contribution in [3.8, 4) is 17.2 Å². The van der Waals surface area contributed by atoms with E-state index in [9.17, 15) is 13.2 Å². The summed E-state index contributed by atoms with van der Waals surface area (Å²) >= 11 is 0. The zero-order chi connectivity index (χ0) is 24.5. The molecule has 2 heterocycles. The molecule has 0 atom stereocenters. The van der Waals surface area contributed by atoms with Crippen LogP contribution in [-0.2, 0) is 21.2 Å². The second-order valence-corrected chi connectivity index (χ2v) is 11.1. The molecule has 10 heteroatoms. The number of para-hydroxylation sites is 1. The van der Waals surface area contributed by atoms with E-state index < -0.39 is 15.9 Å². The van der Waals surface area contributed by atoms with Gasteiger partial charge < -0.3 is 24.4 Å². The van der Waals surface area contributed by atoms with Crippen molar-refractivity contribution < 1.29 is 27.4 Å². The first kappa shape index (κ1) is 24.3. The number of piperazine rings is 1. The summed E-state index contributed by atoms with van der Waals surface area (Å²) < 4.78 is 44.7. The van der Waals surface area contributed by atoms with Crippen LogP contribution in [0.4, 0.5) is 5.69 Å². The minimum atomic E-state index is -3.69. The number of hydrogen-bond donors (Lipinski definition) is 1. The van der Waals surface area contributed by atoms with Crippen LogP contribution in [0.5, 0.6) is 17.2 Å². The van der Waals surface area contributed by atoms with Gasteiger partial charge in [-0.2, -0.15) is 4.31 Å². The molecule has 2 aromatic carbocycles. The molecule has 1 amide bonds. The molecule has 184 valence electrons. The average molecular weight is 490 g/mol. The van der Waals surface area contributed by atoms with Crippen LogP contribution in [0.15, 0.2) is 41.3 Å². The lowest BCUT2D eigenvalue weighted by molar-refractivity contribution is -0.118. The number of carbonyl (C=O) groups is 1. The number of benzene rings is 2. The van der Waals surface area contributed by atoms with Crippen molar-refractivity contribution >= 4 is 21.6 Å². The Hall–Kier alpha value is -2.82. The Morgan fingerprint density at radius 2 is 1.85 bits per heavy atom. The molecule has 34 heavy (non-hydrogen) atoms. The fraction of sp³-hybridized carbons (Fsp3) is 0.458. The minimum absolute atomic E-state index is 0.102. The summed E-state index contributed by atoms with van der Waals surface area (Å²) in [6, 6.07) is 10.1. The van der Waals surface area contributed by atoms with Gasteiger partial charge in [0, 0.05) is 38.2 Å². The van der Waals surface area contributed by atoms with Crippen LogP contribution in [0.25, 0.3) is 0 Å². The van der Waals surface area contributed by atoms with E-state index in [1.54, 1.807) is 12.1 Å². The molecule has 0 aliphatic carbocycles. The van der Waals surface area contributed by atoms with E-state index in [-0.39, 0.29) is 22.8 Å². The fourth-order valence-electron chi connectivity index (χ4n) is 4.15. The molecule has 9 nitrogen and oxygen atoms in total. The zero-order valence-electron chi connectivity index (χ0n) is 20.0. The number of nitrogens with zero attached hydrogens (tertiary/aromatic N) is 2. The highest BCUT2D eigenvalue weighted by Gasteiger charge is 2.32. The van der Waals surface area contributed by atoms with Gasteiger partial charge >= 0.3 is 0 Å². The van der Waals surface area contributed by atoms with Gasteiger partial charge in [0.1, 0.15) is 11.4 Å². The molecule has 0 spiro atoms. The van der Waals surface area contributed by atoms with Crippen LogP contribution < -0.4 is 19.5 Å². The first-order valence-corrected chi connectivity index (χ1v) is 12.6. The maximum absolute atomic E-state index is 13.1. The van der Waals surface area contributed by atoms with E-state index in [0.29, 0.717) is 43.4 Å². The highest BCUT2D eigenvalue weighted by Crippen LogP contribution is 2.41. The molecule has 0 unspecified atom stereocenters. The molecule has 2 aliphatic heterocycles. The van der Waals surface area contributed by atoms with Gasteiger partial charge in [-0.05, 0) is 45.2 Å². The highest BCUT2D eigenvalue weighted by molar-refractivity contribution is 7.89. The van der Waals surface area contributed by atoms with Crippen LogP contribution in [0.2, 0.25) is 0 Å². The van der Waals surface area contributed by atoms with Gasteiger partial charge in [0.2, 0.25) is 10.0 Å². The smallest absolute Gasteiger partial charge is 0.262 e. The Balaban J connectivity index is 1.47. The number of hydrogen-bond acceptors (Lipinski definition) is 7. The van der Waals surface area contributed by atoms with E-state index in [0.717, 1.165) is 12.0 Å². The molecular weight excluding hydrogens is 458 g/mol. The third kappa shape index (κ3) is 5.13. The number of nitrogens with one attached hydrogen (secondary N) is 1. The Kier molecular flexibility index (Phi) is 6.75. The molecule has 2 aliphatic rings. The Morgan fingerprint density at radius 1 is 1.12 bits per heavy atom. The molecule has 1 saturated heterocycles. The van der Waals surface area contributed by atoms with Crippen LogP contribution in [0, 0.1) is 0 Å². The first-order chi connectivity index (χ1) is 16.1. The van der Waals surface area contributed by atoms with Crippen molar-refractivity contribution in [2.24, 2.45) is 0 Å². The topological polar surface area (TPSA) is 97.4 Å². The average Bonchev–Trinajstić information content (AvgIpc) is 3.12. The number of rotatable bonds is 7.